The monoisotopic (exact) mass is 238 g/mol. The summed E-state index contributed by atoms with van der Waals surface area (Å²) in [6.45, 7) is 1.93. The number of halogens is 1. The minimum absolute atomic E-state index is 0.587. The highest BCUT2D eigenvalue weighted by atomic mass is 35.5. The number of aliphatic carboxylic acids is 1. The first-order chi connectivity index (χ1) is 7.58. The zero-order valence-electron chi connectivity index (χ0n) is 9.29. The van der Waals surface area contributed by atoms with E-state index in [0.29, 0.717) is 17.9 Å². The van der Waals surface area contributed by atoms with Gasteiger partial charge in [0.25, 0.3) is 0 Å². The van der Waals surface area contributed by atoms with Crippen molar-refractivity contribution in [3.63, 3.8) is 0 Å². The van der Waals surface area contributed by atoms with Gasteiger partial charge < -0.3 is 5.11 Å². The maximum atomic E-state index is 11.6. The molecule has 0 aliphatic heterocycles. The van der Waals surface area contributed by atoms with Crippen molar-refractivity contribution in [2.75, 3.05) is 0 Å². The third-order valence-electron chi connectivity index (χ3n) is 3.57. The first-order valence-corrected chi connectivity index (χ1v) is 5.95. The van der Waals surface area contributed by atoms with Gasteiger partial charge in [-0.2, -0.15) is 0 Å². The van der Waals surface area contributed by atoms with Crippen LogP contribution in [0.3, 0.4) is 0 Å². The minimum atomic E-state index is -0.748. The predicted molar refractivity (Wildman–Crippen MR) is 64.0 cm³/mol. The van der Waals surface area contributed by atoms with E-state index in [1.165, 1.54) is 0 Å². The average Bonchev–Trinajstić information content (AvgIpc) is 2.67. The molecule has 0 spiro atoms. The number of hydrogen-bond acceptors (Lipinski definition) is 1. The molecule has 1 N–H and O–H groups in total. The molecule has 2 rings (SSSR count). The molecule has 1 saturated carbocycles. The highest BCUT2D eigenvalue weighted by Gasteiger charge is 2.44. The van der Waals surface area contributed by atoms with Gasteiger partial charge in [-0.25, -0.2) is 0 Å². The summed E-state index contributed by atoms with van der Waals surface area (Å²) in [6, 6.07) is 5.59. The van der Waals surface area contributed by atoms with Gasteiger partial charge >= 0.3 is 5.97 Å². The van der Waals surface area contributed by atoms with Crippen molar-refractivity contribution < 1.29 is 9.90 Å². The lowest BCUT2D eigenvalue weighted by Crippen LogP contribution is -2.33. The van der Waals surface area contributed by atoms with Crippen LogP contribution in [0.1, 0.15) is 36.8 Å². The molecule has 0 atom stereocenters. The third kappa shape index (κ3) is 1.61. The normalized spacial score (nSPS) is 18.6. The highest BCUT2D eigenvalue weighted by molar-refractivity contribution is 6.31. The molecule has 1 aromatic carbocycles. The fraction of sp³-hybridized carbons (Fsp3) is 0.462. The molecule has 1 aliphatic carbocycles. The Balaban J connectivity index is 2.60. The quantitative estimate of drug-likeness (QED) is 0.856. The number of benzene rings is 1. The summed E-state index contributed by atoms with van der Waals surface area (Å²) >= 11 is 6.18. The fourth-order valence-corrected chi connectivity index (χ4v) is 3.19. The van der Waals surface area contributed by atoms with Crippen molar-refractivity contribution in [1.29, 1.82) is 0 Å². The molecule has 0 radical (unpaired) electrons. The summed E-state index contributed by atoms with van der Waals surface area (Å²) in [4.78, 5) is 11.6. The van der Waals surface area contributed by atoms with E-state index in [0.717, 1.165) is 24.0 Å². The second kappa shape index (κ2) is 4.10. The minimum Gasteiger partial charge on any atom is -0.481 e. The smallest absolute Gasteiger partial charge is 0.314 e. The van der Waals surface area contributed by atoms with Crippen molar-refractivity contribution in [3.8, 4) is 0 Å². The van der Waals surface area contributed by atoms with Crippen LogP contribution in [0.2, 0.25) is 5.02 Å². The van der Waals surface area contributed by atoms with Crippen molar-refractivity contribution in [3.05, 3.63) is 34.3 Å². The van der Waals surface area contributed by atoms with E-state index in [-0.39, 0.29) is 0 Å². The topological polar surface area (TPSA) is 37.3 Å². The zero-order chi connectivity index (χ0) is 11.8. The maximum Gasteiger partial charge on any atom is 0.314 e. The van der Waals surface area contributed by atoms with Gasteiger partial charge in [0.1, 0.15) is 0 Å². The van der Waals surface area contributed by atoms with Crippen LogP contribution >= 0.6 is 11.6 Å². The molecule has 3 heteroatoms. The number of carboxylic acid groups (broad SMARTS) is 1. The van der Waals surface area contributed by atoms with E-state index in [4.69, 9.17) is 11.6 Å². The number of hydrogen-bond donors (Lipinski definition) is 1. The van der Waals surface area contributed by atoms with E-state index in [9.17, 15) is 9.90 Å². The lowest BCUT2D eigenvalue weighted by Gasteiger charge is -2.27. The lowest BCUT2D eigenvalue weighted by molar-refractivity contribution is -0.143. The maximum absolute atomic E-state index is 11.6. The molecule has 0 amide bonds. The first-order valence-electron chi connectivity index (χ1n) is 5.57. The molecule has 1 aromatic rings. The van der Waals surface area contributed by atoms with Crippen LogP contribution in [0.4, 0.5) is 0 Å². The highest BCUT2D eigenvalue weighted by Crippen LogP contribution is 2.45. The molecular formula is C13H15ClO2. The largest absolute Gasteiger partial charge is 0.481 e. The Kier molecular flexibility index (Phi) is 2.94. The SMILES string of the molecule is Cc1cccc(Cl)c1C1(C(=O)O)CCCC1. The molecule has 0 bridgehead atoms. The van der Waals surface area contributed by atoms with Crippen LogP contribution in [0.15, 0.2) is 18.2 Å². The Labute approximate surface area is 100 Å². The van der Waals surface area contributed by atoms with Gasteiger partial charge in [0.2, 0.25) is 0 Å². The second-order valence-corrected chi connectivity index (χ2v) is 4.93. The number of rotatable bonds is 2. The van der Waals surface area contributed by atoms with Crippen LogP contribution in [0, 0.1) is 6.92 Å². The van der Waals surface area contributed by atoms with Crippen LogP contribution in [0.5, 0.6) is 0 Å². The molecular weight excluding hydrogens is 224 g/mol. The molecule has 1 aliphatic rings. The van der Waals surface area contributed by atoms with Crippen LogP contribution in [-0.4, -0.2) is 11.1 Å². The van der Waals surface area contributed by atoms with Crippen molar-refractivity contribution >= 4 is 17.6 Å². The molecule has 1 fully saturated rings. The Bertz CT molecular complexity index is 400. The molecule has 86 valence electrons. The van der Waals surface area contributed by atoms with Crippen molar-refractivity contribution in [2.24, 2.45) is 0 Å². The second-order valence-electron chi connectivity index (χ2n) is 4.53. The average molecular weight is 239 g/mol. The van der Waals surface area contributed by atoms with Crippen LogP contribution < -0.4 is 0 Å². The van der Waals surface area contributed by atoms with E-state index in [2.05, 4.69) is 0 Å². The Morgan fingerprint density at radius 3 is 2.50 bits per heavy atom. The first kappa shape index (κ1) is 11.5. The molecule has 2 nitrogen and oxygen atoms in total. The summed E-state index contributed by atoms with van der Waals surface area (Å²) in [5.74, 6) is -0.735. The molecule has 0 saturated heterocycles. The van der Waals surface area contributed by atoms with Gasteiger partial charge in [0.15, 0.2) is 0 Å². The number of aryl methyl sites for hydroxylation is 1. The fourth-order valence-electron chi connectivity index (χ4n) is 2.79. The predicted octanol–water partition coefficient (Wildman–Crippen LogP) is 3.54. The Morgan fingerprint density at radius 1 is 1.38 bits per heavy atom. The van der Waals surface area contributed by atoms with E-state index >= 15 is 0 Å². The summed E-state index contributed by atoms with van der Waals surface area (Å²) < 4.78 is 0. The van der Waals surface area contributed by atoms with Gasteiger partial charge in [-0.3, -0.25) is 4.79 Å². The Hall–Kier alpha value is -1.02. The van der Waals surface area contributed by atoms with E-state index in [1.54, 1.807) is 6.07 Å². The number of carbonyl (C=O) groups is 1. The lowest BCUT2D eigenvalue weighted by atomic mass is 9.77. The Morgan fingerprint density at radius 2 is 2.00 bits per heavy atom. The summed E-state index contributed by atoms with van der Waals surface area (Å²) in [5.41, 5.74) is 1.06. The van der Waals surface area contributed by atoms with Crippen LogP contribution in [-0.2, 0) is 10.2 Å². The number of carboxylic acids is 1. The van der Waals surface area contributed by atoms with Gasteiger partial charge in [-0.15, -0.1) is 0 Å². The van der Waals surface area contributed by atoms with Gasteiger partial charge in [-0.05, 0) is 37.0 Å². The molecule has 16 heavy (non-hydrogen) atoms. The molecule has 0 heterocycles. The van der Waals surface area contributed by atoms with Crippen LogP contribution in [0.25, 0.3) is 0 Å². The van der Waals surface area contributed by atoms with Gasteiger partial charge in [-0.1, -0.05) is 36.6 Å². The summed E-state index contributed by atoms with van der Waals surface area (Å²) in [7, 11) is 0. The van der Waals surface area contributed by atoms with E-state index < -0.39 is 11.4 Å². The summed E-state index contributed by atoms with van der Waals surface area (Å²) in [6.07, 6.45) is 3.34. The third-order valence-corrected chi connectivity index (χ3v) is 3.88. The van der Waals surface area contributed by atoms with Gasteiger partial charge in [0, 0.05) is 5.02 Å². The van der Waals surface area contributed by atoms with Gasteiger partial charge in [0.05, 0.1) is 5.41 Å². The molecule has 0 unspecified atom stereocenters. The zero-order valence-corrected chi connectivity index (χ0v) is 10.0. The standard InChI is InChI=1S/C13H15ClO2/c1-9-5-4-6-10(14)11(9)13(12(15)16)7-2-3-8-13/h4-6H,2-3,7-8H2,1H3,(H,15,16). The summed E-state index contributed by atoms with van der Waals surface area (Å²) in [5, 5.41) is 10.1. The van der Waals surface area contributed by atoms with Crippen molar-refractivity contribution in [1.82, 2.24) is 0 Å². The van der Waals surface area contributed by atoms with E-state index in [1.807, 2.05) is 19.1 Å². The molecule has 0 aromatic heterocycles. The van der Waals surface area contributed by atoms with Crippen molar-refractivity contribution in [2.45, 2.75) is 38.0 Å².